The van der Waals surface area contributed by atoms with Crippen LogP contribution < -0.4 is 4.90 Å². The van der Waals surface area contributed by atoms with Crippen molar-refractivity contribution in [1.29, 1.82) is 0 Å². The zero-order valence-electron chi connectivity index (χ0n) is 9.47. The number of hydrogen-bond donors (Lipinski definition) is 0. The van der Waals surface area contributed by atoms with E-state index in [1.54, 1.807) is 11.8 Å². The molecule has 0 bridgehead atoms. The summed E-state index contributed by atoms with van der Waals surface area (Å²) in [6.07, 6.45) is 0. The number of nitrogens with zero attached hydrogens (tertiary/aromatic N) is 1. The Labute approximate surface area is 116 Å². The Bertz CT molecular complexity index is 392. The predicted octanol–water partition coefficient (Wildman–Crippen LogP) is 4.61. The summed E-state index contributed by atoms with van der Waals surface area (Å²) in [4.78, 5) is 3.64. The first-order valence-electron chi connectivity index (χ1n) is 4.86. The van der Waals surface area contributed by atoms with Crippen LogP contribution in [-0.4, -0.2) is 0 Å². The summed E-state index contributed by atoms with van der Waals surface area (Å²) >= 11 is 3.62. The molecule has 1 aromatic carbocycles. The predicted molar refractivity (Wildman–Crippen MR) is 69.8 cm³/mol. The average molecular weight is 341 g/mol. The van der Waals surface area contributed by atoms with Crippen molar-refractivity contribution >= 4 is 27.1 Å². The second-order valence-electron chi connectivity index (χ2n) is 3.52. The third-order valence-corrected chi connectivity index (χ3v) is 3.55. The van der Waals surface area contributed by atoms with Crippen LogP contribution in [0.1, 0.15) is 19.4 Å². The summed E-state index contributed by atoms with van der Waals surface area (Å²) < 4.78 is 0. The van der Waals surface area contributed by atoms with Crippen molar-refractivity contribution in [2.75, 3.05) is 4.90 Å². The minimum atomic E-state index is 1.29. The number of rotatable bonds is 1. The van der Waals surface area contributed by atoms with Crippen molar-refractivity contribution in [3.63, 3.8) is 0 Å². The summed E-state index contributed by atoms with van der Waals surface area (Å²) in [5.41, 5.74) is 3.94. The van der Waals surface area contributed by atoms with Gasteiger partial charge in [-0.15, -0.1) is 0 Å². The molecule has 0 fully saturated rings. The van der Waals surface area contributed by atoms with Gasteiger partial charge in [-0.2, -0.15) is 5.88 Å². The number of benzene rings is 1. The molecule has 0 aliphatic carbocycles. The first-order chi connectivity index (χ1) is 7.70. The number of halogens is 1. The van der Waals surface area contributed by atoms with Gasteiger partial charge in [-0.05, 0) is 43.0 Å². The fourth-order valence-corrected chi connectivity index (χ4v) is 2.34. The molecule has 1 nitrogen and oxygen atoms in total. The Morgan fingerprint density at radius 3 is 2.31 bits per heavy atom. The molecule has 0 saturated carbocycles. The van der Waals surface area contributed by atoms with Gasteiger partial charge in [-0.1, -0.05) is 18.2 Å². The Morgan fingerprint density at radius 1 is 1.19 bits per heavy atom. The normalized spacial score (nSPS) is 14.9. The van der Waals surface area contributed by atoms with E-state index in [0.717, 1.165) is 0 Å². The molecule has 0 spiro atoms. The van der Waals surface area contributed by atoms with E-state index in [2.05, 4.69) is 65.5 Å². The van der Waals surface area contributed by atoms with Crippen LogP contribution in [0.5, 0.6) is 0 Å². The van der Waals surface area contributed by atoms with Crippen molar-refractivity contribution in [1.82, 2.24) is 0 Å². The van der Waals surface area contributed by atoms with E-state index in [9.17, 15) is 0 Å². The molecule has 0 saturated heterocycles. The molecule has 1 aromatic rings. The Balaban J connectivity index is 0.000000606. The number of thioether (sulfide) groups is 1. The quantitative estimate of drug-likeness (QED) is 0.542. The van der Waals surface area contributed by atoms with Gasteiger partial charge in [0.05, 0.1) is 0 Å². The third-order valence-electron chi connectivity index (χ3n) is 2.58. The zero-order valence-corrected chi connectivity index (χ0v) is 12.8. The SMILES string of the molecule is CC1=C(C)N(c2ccccc2C)[CH-]S1.[Cl][Ru+]. The molecule has 88 valence electrons. The molecule has 0 radical (unpaired) electrons. The van der Waals surface area contributed by atoms with Crippen LogP contribution in [-0.2, 0) is 17.3 Å². The molecule has 0 unspecified atom stereocenters. The molecule has 2 rings (SSSR count). The molecule has 0 amide bonds. The molecule has 16 heavy (non-hydrogen) atoms. The summed E-state index contributed by atoms with van der Waals surface area (Å²) in [5, 5.41) is 0. The van der Waals surface area contributed by atoms with Crippen LogP contribution in [0.15, 0.2) is 34.9 Å². The van der Waals surface area contributed by atoms with Gasteiger partial charge < -0.3 is 4.90 Å². The summed E-state index contributed by atoms with van der Waals surface area (Å²) in [5.74, 6) is 2.17. The number of para-hydroxylation sites is 1. The van der Waals surface area contributed by atoms with Crippen LogP contribution >= 0.6 is 21.5 Å². The van der Waals surface area contributed by atoms with Gasteiger partial charge in [0.15, 0.2) is 0 Å². The first-order valence-corrected chi connectivity index (χ1v) is 7.97. The van der Waals surface area contributed by atoms with Gasteiger partial charge >= 0.3 is 27.0 Å². The van der Waals surface area contributed by atoms with Crippen molar-refractivity contribution in [3.8, 4) is 0 Å². The molecular weight excluding hydrogens is 327 g/mol. The van der Waals surface area contributed by atoms with Gasteiger partial charge in [-0.3, -0.25) is 11.8 Å². The molecule has 0 N–H and O–H groups in total. The van der Waals surface area contributed by atoms with Gasteiger partial charge in [0, 0.05) is 5.69 Å². The maximum absolute atomic E-state index is 4.57. The number of hydrogen-bond acceptors (Lipinski definition) is 2. The fourth-order valence-electron chi connectivity index (χ4n) is 1.54. The molecule has 4 heteroatoms. The van der Waals surface area contributed by atoms with Crippen LogP contribution in [0, 0.1) is 12.8 Å². The van der Waals surface area contributed by atoms with Crippen LogP contribution in [0.25, 0.3) is 0 Å². The second-order valence-corrected chi connectivity index (χ2v) is 4.58. The van der Waals surface area contributed by atoms with Crippen molar-refractivity contribution in [2.24, 2.45) is 0 Å². The minimum absolute atomic E-state index is 1.29. The van der Waals surface area contributed by atoms with E-state index in [-0.39, 0.29) is 0 Å². The Hall–Kier alpha value is 0.0234. The van der Waals surface area contributed by atoms with E-state index in [1.165, 1.54) is 21.9 Å². The number of anilines is 1. The van der Waals surface area contributed by atoms with E-state index in [4.69, 9.17) is 0 Å². The fraction of sp³-hybridized carbons (Fsp3) is 0.250. The summed E-state index contributed by atoms with van der Waals surface area (Å²) in [6, 6.07) is 8.47. The number of allylic oxidation sites excluding steroid dienone is 2. The standard InChI is InChI=1S/C12H14NS.ClH.Ru/c1-9-6-4-5-7-12(9)13-8-14-11(3)10(13)2;;/h4-8H,1-3H3;1H;/q-1;;+2/p-1. The van der Waals surface area contributed by atoms with Crippen LogP contribution in [0.3, 0.4) is 0 Å². The Morgan fingerprint density at radius 2 is 1.81 bits per heavy atom. The second kappa shape index (κ2) is 6.68. The summed E-state index contributed by atoms with van der Waals surface area (Å²) in [7, 11) is 4.57. The number of aryl methyl sites for hydroxylation is 1. The van der Waals surface area contributed by atoms with Gasteiger partial charge in [0.25, 0.3) is 0 Å². The van der Waals surface area contributed by atoms with Crippen LogP contribution in [0.2, 0.25) is 0 Å². The van der Waals surface area contributed by atoms with Gasteiger partial charge in [0.2, 0.25) is 0 Å². The van der Waals surface area contributed by atoms with E-state index in [1.807, 2.05) is 17.3 Å². The molecule has 0 aromatic heterocycles. The van der Waals surface area contributed by atoms with E-state index >= 15 is 0 Å². The van der Waals surface area contributed by atoms with Crippen molar-refractivity contribution < 1.29 is 17.3 Å². The average Bonchev–Trinajstić information content (AvgIpc) is 2.64. The monoisotopic (exact) mass is 341 g/mol. The molecule has 1 aliphatic rings. The maximum atomic E-state index is 4.57. The van der Waals surface area contributed by atoms with E-state index in [0.29, 0.717) is 0 Å². The first kappa shape index (κ1) is 14.1. The van der Waals surface area contributed by atoms with Gasteiger partial charge in [0.1, 0.15) is 0 Å². The molecule has 1 heterocycles. The molecule has 1 aliphatic heterocycles. The van der Waals surface area contributed by atoms with Crippen molar-refractivity contribution in [2.45, 2.75) is 20.8 Å². The molecule has 0 atom stereocenters. The van der Waals surface area contributed by atoms with Crippen molar-refractivity contribution in [3.05, 3.63) is 46.3 Å². The van der Waals surface area contributed by atoms with E-state index < -0.39 is 0 Å². The van der Waals surface area contributed by atoms with Gasteiger partial charge in [-0.25, -0.2) is 0 Å². The molecular formula is C12H14ClNRuS. The Kier molecular flexibility index (Phi) is 5.88. The topological polar surface area (TPSA) is 3.24 Å². The van der Waals surface area contributed by atoms with Crippen LogP contribution in [0.4, 0.5) is 5.69 Å². The third kappa shape index (κ3) is 3.03. The summed E-state index contributed by atoms with van der Waals surface area (Å²) in [6.45, 7) is 6.47. The zero-order chi connectivity index (χ0) is 12.1.